The second-order valence-corrected chi connectivity index (χ2v) is 24.5. The highest BCUT2D eigenvalue weighted by Crippen LogP contribution is 2.43. The topological polar surface area (TPSA) is 134 Å². The van der Waals surface area contributed by atoms with Crippen LogP contribution in [0.4, 0.5) is 0 Å². The summed E-state index contributed by atoms with van der Waals surface area (Å²) < 4.78 is 33.1. The summed E-state index contributed by atoms with van der Waals surface area (Å²) in [6, 6.07) is 0. The molecule has 3 N–H and O–H groups in total. The molecule has 0 rings (SSSR count). The van der Waals surface area contributed by atoms with E-state index >= 15 is 0 Å². The van der Waals surface area contributed by atoms with E-state index in [2.05, 4.69) is 13.8 Å². The van der Waals surface area contributed by atoms with Crippen molar-refractivity contribution in [2.45, 2.75) is 380 Å². The van der Waals surface area contributed by atoms with Crippen LogP contribution in [0.5, 0.6) is 0 Å². The number of hydrogen-bond donors (Lipinski definition) is 2. The summed E-state index contributed by atoms with van der Waals surface area (Å²) in [7, 11) is -4.38. The van der Waals surface area contributed by atoms with Gasteiger partial charge in [0.1, 0.15) is 6.61 Å². The predicted molar refractivity (Wildman–Crippen MR) is 322 cm³/mol. The Labute approximate surface area is 467 Å². The summed E-state index contributed by atoms with van der Waals surface area (Å²) in [5.74, 6) is -0.799. The summed E-state index contributed by atoms with van der Waals surface area (Å²) in [6.07, 6.45) is 72.0. The predicted octanol–water partition coefficient (Wildman–Crippen LogP) is 21.4. The van der Waals surface area contributed by atoms with Crippen LogP contribution in [0.3, 0.4) is 0 Å². The van der Waals surface area contributed by atoms with Gasteiger partial charge in [0.2, 0.25) is 0 Å². The fourth-order valence-electron chi connectivity index (χ4n) is 10.5. The number of rotatable bonds is 65. The standard InChI is InChI=1S/C65H130NO8P/c1-3-5-7-9-11-13-15-17-19-21-23-25-26-27-28-29-30-31-32-33-34-35-36-38-40-42-44-46-48-50-52-54-56-58-65(68)74-63(62-73-75(69,70)72-60-59-66)61-71-64(67)57-55-53-51-49-47-45-43-41-39-37-24-22-20-18-16-14-12-10-8-6-4-2/h63H,3-62,66H2,1-2H3,(H,69,70). The van der Waals surface area contributed by atoms with Gasteiger partial charge >= 0.3 is 19.8 Å². The van der Waals surface area contributed by atoms with Crippen molar-refractivity contribution in [3.63, 3.8) is 0 Å². The molecular weight excluding hydrogens is 954 g/mol. The summed E-state index contributed by atoms with van der Waals surface area (Å²) in [5.41, 5.74) is 5.40. The molecule has 448 valence electrons. The molecule has 9 nitrogen and oxygen atoms in total. The highest BCUT2D eigenvalue weighted by atomic mass is 31.2. The van der Waals surface area contributed by atoms with Crippen molar-refractivity contribution in [1.82, 2.24) is 0 Å². The fourth-order valence-corrected chi connectivity index (χ4v) is 11.3. The minimum Gasteiger partial charge on any atom is -0.462 e. The van der Waals surface area contributed by atoms with Gasteiger partial charge in [-0.3, -0.25) is 18.6 Å². The third-order valence-corrected chi connectivity index (χ3v) is 16.5. The van der Waals surface area contributed by atoms with E-state index in [-0.39, 0.29) is 32.1 Å². The lowest BCUT2D eigenvalue weighted by Crippen LogP contribution is -2.29. The van der Waals surface area contributed by atoms with E-state index in [0.29, 0.717) is 12.8 Å². The second-order valence-electron chi connectivity index (χ2n) is 23.1. The largest absolute Gasteiger partial charge is 0.472 e. The van der Waals surface area contributed by atoms with Gasteiger partial charge < -0.3 is 20.1 Å². The zero-order valence-corrected chi connectivity index (χ0v) is 51.2. The van der Waals surface area contributed by atoms with Crippen molar-refractivity contribution in [2.24, 2.45) is 5.73 Å². The Hall–Kier alpha value is -0.990. The number of carbonyl (C=O) groups is 2. The Kier molecular flexibility index (Phi) is 61.4. The molecule has 0 saturated heterocycles. The first-order valence-corrected chi connectivity index (χ1v) is 35.0. The molecule has 0 bridgehead atoms. The van der Waals surface area contributed by atoms with Crippen molar-refractivity contribution in [3.8, 4) is 0 Å². The molecule has 0 aliphatic heterocycles. The van der Waals surface area contributed by atoms with Crippen LogP contribution in [-0.2, 0) is 32.7 Å². The maximum Gasteiger partial charge on any atom is 0.472 e. The second kappa shape index (κ2) is 62.2. The maximum absolute atomic E-state index is 12.7. The van der Waals surface area contributed by atoms with Crippen molar-refractivity contribution >= 4 is 19.8 Å². The number of unbranched alkanes of at least 4 members (excludes halogenated alkanes) is 52. The number of ether oxygens (including phenoxy) is 2. The Bertz CT molecular complexity index is 1190. The Morgan fingerprint density at radius 1 is 0.347 bits per heavy atom. The van der Waals surface area contributed by atoms with Crippen molar-refractivity contribution < 1.29 is 37.6 Å². The van der Waals surface area contributed by atoms with Gasteiger partial charge in [0.25, 0.3) is 0 Å². The first-order chi connectivity index (χ1) is 36.8. The van der Waals surface area contributed by atoms with Crippen molar-refractivity contribution in [3.05, 3.63) is 0 Å². The highest BCUT2D eigenvalue weighted by Gasteiger charge is 2.26. The zero-order valence-electron chi connectivity index (χ0n) is 50.3. The van der Waals surface area contributed by atoms with Gasteiger partial charge in [-0.1, -0.05) is 348 Å². The monoisotopic (exact) mass is 1080 g/mol. The molecule has 0 aromatic carbocycles. The molecular formula is C65H130NO8P. The molecule has 2 unspecified atom stereocenters. The molecule has 2 atom stereocenters. The minimum absolute atomic E-state index is 0.0587. The summed E-state index contributed by atoms with van der Waals surface area (Å²) in [4.78, 5) is 35.3. The number of esters is 2. The molecule has 0 radical (unpaired) electrons. The lowest BCUT2D eigenvalue weighted by molar-refractivity contribution is -0.161. The van der Waals surface area contributed by atoms with Crippen LogP contribution >= 0.6 is 7.82 Å². The van der Waals surface area contributed by atoms with Crippen LogP contribution in [-0.4, -0.2) is 49.3 Å². The van der Waals surface area contributed by atoms with E-state index in [1.54, 1.807) is 0 Å². The molecule has 75 heavy (non-hydrogen) atoms. The normalized spacial score (nSPS) is 12.9. The number of nitrogens with two attached hydrogens (primary N) is 1. The van der Waals surface area contributed by atoms with Gasteiger partial charge in [-0.15, -0.1) is 0 Å². The third-order valence-electron chi connectivity index (χ3n) is 15.5. The molecule has 0 fully saturated rings. The quantitative estimate of drug-likeness (QED) is 0.0347. The van der Waals surface area contributed by atoms with E-state index in [1.807, 2.05) is 0 Å². The fraction of sp³-hybridized carbons (Fsp3) is 0.969. The van der Waals surface area contributed by atoms with Gasteiger partial charge in [-0.25, -0.2) is 4.57 Å². The van der Waals surface area contributed by atoms with Crippen LogP contribution in [0.1, 0.15) is 373 Å². The van der Waals surface area contributed by atoms with Gasteiger partial charge in [0.15, 0.2) is 6.10 Å². The summed E-state index contributed by atoms with van der Waals surface area (Å²) in [5, 5.41) is 0. The number of phosphoric ester groups is 1. The van der Waals surface area contributed by atoms with Crippen LogP contribution in [0, 0.1) is 0 Å². The first-order valence-electron chi connectivity index (χ1n) is 33.5. The van der Waals surface area contributed by atoms with E-state index in [0.717, 1.165) is 32.1 Å². The molecule has 0 heterocycles. The van der Waals surface area contributed by atoms with Gasteiger partial charge in [0.05, 0.1) is 13.2 Å². The van der Waals surface area contributed by atoms with Crippen LogP contribution in [0.25, 0.3) is 0 Å². The zero-order chi connectivity index (χ0) is 54.5. The highest BCUT2D eigenvalue weighted by molar-refractivity contribution is 7.47. The average molecular weight is 1080 g/mol. The molecule has 0 spiro atoms. The van der Waals surface area contributed by atoms with Gasteiger partial charge in [-0.05, 0) is 12.8 Å². The Balaban J connectivity index is 3.79. The van der Waals surface area contributed by atoms with Crippen LogP contribution in [0.15, 0.2) is 0 Å². The molecule has 0 aliphatic carbocycles. The Morgan fingerprint density at radius 3 is 0.813 bits per heavy atom. The molecule has 10 heteroatoms. The molecule has 0 aromatic rings. The number of carbonyl (C=O) groups excluding carboxylic acids is 2. The lowest BCUT2D eigenvalue weighted by atomic mass is 10.0. The summed E-state index contributed by atoms with van der Waals surface area (Å²) in [6.45, 7) is 3.84. The molecule has 0 saturated carbocycles. The van der Waals surface area contributed by atoms with Crippen molar-refractivity contribution in [1.29, 1.82) is 0 Å². The Morgan fingerprint density at radius 2 is 0.573 bits per heavy atom. The smallest absolute Gasteiger partial charge is 0.462 e. The van der Waals surface area contributed by atoms with E-state index in [4.69, 9.17) is 24.3 Å². The van der Waals surface area contributed by atoms with Gasteiger partial charge in [-0.2, -0.15) is 0 Å². The maximum atomic E-state index is 12.7. The molecule has 0 aromatic heterocycles. The third kappa shape index (κ3) is 62.1. The number of phosphoric acid groups is 1. The summed E-state index contributed by atoms with van der Waals surface area (Å²) >= 11 is 0. The van der Waals surface area contributed by atoms with Crippen molar-refractivity contribution in [2.75, 3.05) is 26.4 Å². The van der Waals surface area contributed by atoms with E-state index in [1.165, 1.54) is 308 Å². The molecule has 0 amide bonds. The lowest BCUT2D eigenvalue weighted by Gasteiger charge is -2.19. The SMILES string of the molecule is CCCCCCCCCCCCCCCCCCCCCCCCCCCCCCCCCCCC(=O)OC(COC(=O)CCCCCCCCCCCCCCCCCCCCCCC)COP(=O)(O)OCCN. The average Bonchev–Trinajstić information content (AvgIpc) is 3.40. The minimum atomic E-state index is -4.38. The van der Waals surface area contributed by atoms with Crippen LogP contribution < -0.4 is 5.73 Å². The van der Waals surface area contributed by atoms with E-state index < -0.39 is 26.5 Å². The molecule has 0 aliphatic rings. The first kappa shape index (κ1) is 74.0. The van der Waals surface area contributed by atoms with Crippen LogP contribution in [0.2, 0.25) is 0 Å². The van der Waals surface area contributed by atoms with Gasteiger partial charge in [0, 0.05) is 19.4 Å². The van der Waals surface area contributed by atoms with E-state index in [9.17, 15) is 19.0 Å². The number of hydrogen-bond acceptors (Lipinski definition) is 8.